The minimum absolute atomic E-state index is 0.231. The molecule has 46 heavy (non-hydrogen) atoms. The molecule has 0 spiro atoms. The molecule has 0 bridgehead atoms. The van der Waals surface area contributed by atoms with E-state index in [1.165, 1.54) is 0 Å². The van der Waals surface area contributed by atoms with Gasteiger partial charge in [0, 0.05) is 24.5 Å². The molecule has 4 aromatic carbocycles. The summed E-state index contributed by atoms with van der Waals surface area (Å²) in [6.07, 6.45) is 0. The number of aromatic amines is 4. The van der Waals surface area contributed by atoms with Crippen LogP contribution in [0.4, 0.5) is 22.7 Å². The summed E-state index contributed by atoms with van der Waals surface area (Å²) in [6.45, 7) is 2.63. The van der Waals surface area contributed by atoms with Crippen molar-refractivity contribution in [3.05, 3.63) is 106 Å². The molecule has 6 N–H and O–H groups in total. The lowest BCUT2D eigenvalue weighted by Gasteiger charge is -2.11. The normalized spacial score (nSPS) is 11.6. The van der Waals surface area contributed by atoms with Crippen LogP contribution >= 0.6 is 0 Å². The van der Waals surface area contributed by atoms with Crippen LogP contribution in [-0.2, 0) is 0 Å². The Morgan fingerprint density at radius 2 is 0.978 bits per heavy atom. The summed E-state index contributed by atoms with van der Waals surface area (Å²) >= 11 is 0. The van der Waals surface area contributed by atoms with E-state index in [4.69, 9.17) is 9.47 Å². The minimum atomic E-state index is -0.231. The average Bonchev–Trinajstić information content (AvgIpc) is 3.63. The van der Waals surface area contributed by atoms with Gasteiger partial charge in [-0.3, -0.25) is 0 Å². The molecule has 14 nitrogen and oxygen atoms in total. The van der Waals surface area contributed by atoms with Crippen LogP contribution in [0.1, 0.15) is 0 Å². The van der Waals surface area contributed by atoms with Crippen molar-refractivity contribution >= 4 is 44.8 Å². The average molecular weight is 621 g/mol. The van der Waals surface area contributed by atoms with Crippen LogP contribution in [0.2, 0.25) is 0 Å². The predicted octanol–water partition coefficient (Wildman–Crippen LogP) is 5.88. The Labute approximate surface area is 262 Å². The Morgan fingerprint density at radius 3 is 1.46 bits per heavy atom. The number of H-pyrrole nitrogens is 4. The molecule has 0 saturated heterocycles. The molecule has 2 heterocycles. The zero-order valence-electron chi connectivity index (χ0n) is 24.7. The van der Waals surface area contributed by atoms with Gasteiger partial charge >= 0.3 is 11.4 Å². The highest BCUT2D eigenvalue weighted by Gasteiger charge is 2.05. The van der Waals surface area contributed by atoms with Crippen LogP contribution < -0.4 is 31.5 Å². The van der Waals surface area contributed by atoms with Gasteiger partial charge in [-0.15, -0.1) is 0 Å². The van der Waals surface area contributed by atoms with E-state index >= 15 is 0 Å². The molecule has 6 rings (SSSR count). The van der Waals surface area contributed by atoms with E-state index in [9.17, 15) is 9.59 Å². The zero-order valence-corrected chi connectivity index (χ0v) is 24.7. The van der Waals surface area contributed by atoms with Gasteiger partial charge in [0.25, 0.3) is 0 Å². The number of aromatic nitrogens is 4. The molecule has 2 aromatic heterocycles. The number of ether oxygens (including phenoxy) is 2. The largest absolute Gasteiger partial charge is 0.488 e. The molecule has 0 aliphatic heterocycles. The van der Waals surface area contributed by atoms with Gasteiger partial charge in [0.2, 0.25) is 0 Å². The molecule has 0 aliphatic carbocycles. The summed E-state index contributed by atoms with van der Waals surface area (Å²) in [7, 11) is 0. The van der Waals surface area contributed by atoms with Crippen LogP contribution in [0.15, 0.2) is 115 Å². The van der Waals surface area contributed by atoms with E-state index in [1.54, 1.807) is 0 Å². The number of benzene rings is 4. The highest BCUT2D eigenvalue weighted by Crippen LogP contribution is 2.29. The van der Waals surface area contributed by atoms with Crippen molar-refractivity contribution in [1.82, 2.24) is 19.9 Å². The van der Waals surface area contributed by atoms with E-state index in [2.05, 4.69) is 51.0 Å². The monoisotopic (exact) mass is 620 g/mol. The fourth-order valence-corrected chi connectivity index (χ4v) is 4.66. The smallest absolute Gasteiger partial charge is 0.323 e. The molecule has 0 fully saturated rings. The molecule has 0 aliphatic rings. The van der Waals surface area contributed by atoms with Crippen LogP contribution in [-0.4, -0.2) is 59.3 Å². The fourth-order valence-electron chi connectivity index (χ4n) is 4.66. The summed E-state index contributed by atoms with van der Waals surface area (Å²) in [5.74, 6) is 1.21. The molecule has 234 valence electrons. The van der Waals surface area contributed by atoms with E-state index in [0.717, 1.165) is 33.4 Å². The van der Waals surface area contributed by atoms with Gasteiger partial charge < -0.3 is 40.0 Å². The van der Waals surface area contributed by atoms with Gasteiger partial charge in [0.1, 0.15) is 36.1 Å². The van der Waals surface area contributed by atoms with Crippen LogP contribution in [0.3, 0.4) is 0 Å². The second-order valence-corrected chi connectivity index (χ2v) is 10.1. The van der Waals surface area contributed by atoms with E-state index < -0.39 is 0 Å². The lowest BCUT2D eigenvalue weighted by Crippen LogP contribution is -2.09. The van der Waals surface area contributed by atoms with Crippen molar-refractivity contribution in [3.63, 3.8) is 0 Å². The third kappa shape index (κ3) is 7.85. The van der Waals surface area contributed by atoms with Crippen LogP contribution in [0, 0.1) is 0 Å². The number of azo groups is 2. The van der Waals surface area contributed by atoms with Crippen molar-refractivity contribution in [2.24, 2.45) is 20.5 Å². The van der Waals surface area contributed by atoms with Gasteiger partial charge in [0.05, 0.1) is 35.2 Å². The van der Waals surface area contributed by atoms with E-state index in [0.29, 0.717) is 62.3 Å². The number of fused-ring (bicyclic) bond motifs is 2. The molecule has 0 amide bonds. The Kier molecular flexibility index (Phi) is 9.44. The number of hydrogen-bond donors (Lipinski definition) is 6. The molecule has 14 heteroatoms. The van der Waals surface area contributed by atoms with Crippen LogP contribution in [0.5, 0.6) is 11.5 Å². The van der Waals surface area contributed by atoms with Gasteiger partial charge in [-0.05, 0) is 60.7 Å². The van der Waals surface area contributed by atoms with Gasteiger partial charge in [-0.2, -0.15) is 20.5 Å². The maximum absolute atomic E-state index is 11.4. The summed E-state index contributed by atoms with van der Waals surface area (Å²) in [6, 6.07) is 26.1. The SMILES string of the molecule is O=c1[nH]c2ccc(NCCN=Nc3ccccc3OCCOc3ccccc3N=NCCNc3ccc4[nH]c(=O)[nH]c4c3)cc2[nH]1. The topological polar surface area (TPSA) is 189 Å². The number of hydrogen-bond acceptors (Lipinski definition) is 10. The summed E-state index contributed by atoms with van der Waals surface area (Å²) in [5.41, 5.74) is 5.55. The van der Waals surface area contributed by atoms with E-state index in [1.807, 2.05) is 84.9 Å². The maximum Gasteiger partial charge on any atom is 0.323 e. The van der Waals surface area contributed by atoms with Crippen molar-refractivity contribution < 1.29 is 9.47 Å². The Bertz CT molecular complexity index is 1940. The summed E-state index contributed by atoms with van der Waals surface area (Å²) < 4.78 is 11.9. The number of anilines is 2. The van der Waals surface area contributed by atoms with Crippen LogP contribution in [0.25, 0.3) is 22.1 Å². The quantitative estimate of drug-likeness (QED) is 0.0614. The first-order chi connectivity index (χ1) is 22.6. The summed E-state index contributed by atoms with van der Waals surface area (Å²) in [5, 5.41) is 23.8. The third-order valence-corrected chi connectivity index (χ3v) is 6.80. The standard InChI is InChI=1S/C32H32N10O4/c43-31-37-23-11-9-21(19-27(23)39-31)33-13-15-35-41-25-5-1-3-7-29(25)45-17-18-46-30-8-4-2-6-26(30)42-36-16-14-34-22-10-12-24-28(20-22)40-32(44)38-24/h1-12,19-20,33-34H,13-18H2,(H2,37,39,43)(H2,38,40,44). The molecule has 0 unspecified atom stereocenters. The maximum atomic E-state index is 11.4. The lowest BCUT2D eigenvalue weighted by atomic mass is 10.3. The second kappa shape index (κ2) is 14.5. The molecule has 0 radical (unpaired) electrons. The van der Waals surface area contributed by atoms with Crippen molar-refractivity contribution in [1.29, 1.82) is 0 Å². The van der Waals surface area contributed by atoms with Gasteiger partial charge in [-0.25, -0.2) is 9.59 Å². The Hall–Kier alpha value is -6.18. The Balaban J connectivity index is 0.931. The number of para-hydroxylation sites is 2. The first-order valence-electron chi connectivity index (χ1n) is 14.7. The van der Waals surface area contributed by atoms with Crippen molar-refractivity contribution in [3.8, 4) is 11.5 Å². The number of nitrogens with one attached hydrogen (secondary N) is 6. The molecule has 0 saturated carbocycles. The third-order valence-electron chi connectivity index (χ3n) is 6.80. The fraction of sp³-hybridized carbons (Fsp3) is 0.188. The first-order valence-corrected chi connectivity index (χ1v) is 14.7. The molecule has 0 atom stereocenters. The summed E-state index contributed by atoms with van der Waals surface area (Å²) in [4.78, 5) is 33.8. The number of imidazole rings is 2. The zero-order chi connectivity index (χ0) is 31.6. The molecular formula is C32H32N10O4. The number of nitrogens with zero attached hydrogens (tertiary/aromatic N) is 4. The second-order valence-electron chi connectivity index (χ2n) is 10.1. The van der Waals surface area contributed by atoms with Crippen molar-refractivity contribution in [2.45, 2.75) is 0 Å². The van der Waals surface area contributed by atoms with Gasteiger partial charge in [0.15, 0.2) is 0 Å². The van der Waals surface area contributed by atoms with Crippen molar-refractivity contribution in [2.75, 3.05) is 50.0 Å². The number of rotatable bonds is 15. The van der Waals surface area contributed by atoms with Gasteiger partial charge in [-0.1, -0.05) is 24.3 Å². The minimum Gasteiger partial charge on any atom is -0.488 e. The highest BCUT2D eigenvalue weighted by molar-refractivity contribution is 5.79. The predicted molar refractivity (Wildman–Crippen MR) is 177 cm³/mol. The highest BCUT2D eigenvalue weighted by atomic mass is 16.5. The Morgan fingerprint density at radius 1 is 0.543 bits per heavy atom. The first kappa shape index (κ1) is 29.9. The molecule has 6 aromatic rings. The lowest BCUT2D eigenvalue weighted by molar-refractivity contribution is 0.218. The van der Waals surface area contributed by atoms with E-state index in [-0.39, 0.29) is 11.4 Å². The molecular weight excluding hydrogens is 588 g/mol.